The van der Waals surface area contributed by atoms with Crippen LogP contribution in [0.4, 0.5) is 0 Å². The summed E-state index contributed by atoms with van der Waals surface area (Å²) < 4.78 is 0. The Labute approximate surface area is 148 Å². The Morgan fingerprint density at radius 2 is 1.30 bits per heavy atom. The summed E-state index contributed by atoms with van der Waals surface area (Å²) in [4.78, 5) is 0. The molecule has 5 atom stereocenters. The molecule has 0 radical (unpaired) electrons. The first-order valence-electron chi connectivity index (χ1n) is 10.9. The Kier molecular flexibility index (Phi) is 9.86. The molecule has 0 aromatic heterocycles. The topological polar surface area (TPSA) is 0 Å². The van der Waals surface area contributed by atoms with Crippen molar-refractivity contribution >= 4 is 0 Å². The molecule has 1 rings (SSSR count). The fraction of sp³-hybridized carbons (Fsp3) is 1.00. The second-order valence-electron chi connectivity index (χ2n) is 9.43. The van der Waals surface area contributed by atoms with E-state index >= 15 is 0 Å². The maximum atomic E-state index is 2.53. The molecule has 0 saturated heterocycles. The fourth-order valence-electron chi connectivity index (χ4n) is 4.85. The molecular weight excluding hydrogens is 276 g/mol. The Morgan fingerprint density at radius 3 is 1.83 bits per heavy atom. The van der Waals surface area contributed by atoms with Gasteiger partial charge in [0.15, 0.2) is 0 Å². The summed E-state index contributed by atoms with van der Waals surface area (Å²) in [5, 5.41) is 0. The second-order valence-corrected chi connectivity index (χ2v) is 9.43. The summed E-state index contributed by atoms with van der Waals surface area (Å²) in [6, 6.07) is 0. The van der Waals surface area contributed by atoms with E-state index < -0.39 is 0 Å². The van der Waals surface area contributed by atoms with E-state index in [0.29, 0.717) is 0 Å². The zero-order valence-electron chi connectivity index (χ0n) is 17.4. The van der Waals surface area contributed by atoms with Gasteiger partial charge in [0.05, 0.1) is 0 Å². The molecule has 0 amide bonds. The first kappa shape index (κ1) is 21.0. The molecule has 0 heterocycles. The van der Waals surface area contributed by atoms with Crippen LogP contribution in [-0.4, -0.2) is 0 Å². The third kappa shape index (κ3) is 7.18. The predicted octanol–water partition coefficient (Wildman–Crippen LogP) is 7.96. The van der Waals surface area contributed by atoms with Gasteiger partial charge in [-0.1, -0.05) is 99.8 Å². The molecule has 0 bridgehead atoms. The monoisotopic (exact) mass is 322 g/mol. The third-order valence-corrected chi connectivity index (χ3v) is 7.40. The highest BCUT2D eigenvalue weighted by molar-refractivity contribution is 4.78. The van der Waals surface area contributed by atoms with Gasteiger partial charge in [0, 0.05) is 0 Å². The van der Waals surface area contributed by atoms with Gasteiger partial charge in [-0.15, -0.1) is 0 Å². The van der Waals surface area contributed by atoms with Crippen LogP contribution in [0.2, 0.25) is 0 Å². The molecule has 1 aliphatic carbocycles. The molecule has 1 saturated carbocycles. The number of hydrogen-bond donors (Lipinski definition) is 0. The summed E-state index contributed by atoms with van der Waals surface area (Å²) >= 11 is 0. The zero-order valence-corrected chi connectivity index (χ0v) is 17.4. The average Bonchev–Trinajstić information content (AvgIpc) is 3.05. The van der Waals surface area contributed by atoms with Gasteiger partial charge in [-0.3, -0.25) is 0 Å². The van der Waals surface area contributed by atoms with Crippen LogP contribution in [0.5, 0.6) is 0 Å². The molecule has 1 fully saturated rings. The van der Waals surface area contributed by atoms with Gasteiger partial charge >= 0.3 is 0 Å². The van der Waals surface area contributed by atoms with Crippen molar-refractivity contribution in [1.82, 2.24) is 0 Å². The van der Waals surface area contributed by atoms with Gasteiger partial charge in [-0.2, -0.15) is 0 Å². The van der Waals surface area contributed by atoms with Crippen molar-refractivity contribution in [2.24, 2.45) is 41.4 Å². The van der Waals surface area contributed by atoms with Crippen molar-refractivity contribution in [3.8, 4) is 0 Å². The Balaban J connectivity index is 2.36. The maximum absolute atomic E-state index is 2.53. The standard InChI is InChI=1S/C23H46/c1-8-22(16-13-17(2)3)20(6)18(4)14-15-19(5)21(7)23-11-9-10-12-23/h17-23H,8-16H2,1-7H3. The van der Waals surface area contributed by atoms with Gasteiger partial charge in [0.25, 0.3) is 0 Å². The maximum Gasteiger partial charge on any atom is -0.0386 e. The molecule has 138 valence electrons. The van der Waals surface area contributed by atoms with Gasteiger partial charge in [-0.25, -0.2) is 0 Å². The fourth-order valence-corrected chi connectivity index (χ4v) is 4.85. The van der Waals surface area contributed by atoms with Crippen molar-refractivity contribution < 1.29 is 0 Å². The van der Waals surface area contributed by atoms with Crippen LogP contribution in [0.1, 0.15) is 106 Å². The van der Waals surface area contributed by atoms with Crippen molar-refractivity contribution in [2.45, 2.75) is 106 Å². The second kappa shape index (κ2) is 10.8. The minimum absolute atomic E-state index is 0.860. The third-order valence-electron chi connectivity index (χ3n) is 7.40. The van der Waals surface area contributed by atoms with E-state index in [2.05, 4.69) is 48.5 Å². The largest absolute Gasteiger partial charge is 0.0651 e. The lowest BCUT2D eigenvalue weighted by atomic mass is 9.74. The Morgan fingerprint density at radius 1 is 0.739 bits per heavy atom. The minimum Gasteiger partial charge on any atom is -0.0651 e. The SMILES string of the molecule is CCC(CCC(C)C)C(C)C(C)CCC(C)C(C)C1CCCC1. The molecule has 0 aliphatic heterocycles. The quantitative estimate of drug-likeness (QED) is 0.362. The van der Waals surface area contributed by atoms with E-state index in [1.165, 1.54) is 57.8 Å². The van der Waals surface area contributed by atoms with E-state index in [9.17, 15) is 0 Å². The van der Waals surface area contributed by atoms with Crippen LogP contribution in [0.3, 0.4) is 0 Å². The molecule has 0 nitrogen and oxygen atoms in total. The van der Waals surface area contributed by atoms with Gasteiger partial charge in [0.2, 0.25) is 0 Å². The molecule has 0 heteroatoms. The van der Waals surface area contributed by atoms with E-state index in [-0.39, 0.29) is 0 Å². The normalized spacial score (nSPS) is 23.0. The van der Waals surface area contributed by atoms with Gasteiger partial charge < -0.3 is 0 Å². The van der Waals surface area contributed by atoms with Gasteiger partial charge in [0.1, 0.15) is 0 Å². The summed E-state index contributed by atoms with van der Waals surface area (Å²) in [6.07, 6.45) is 13.1. The molecule has 23 heavy (non-hydrogen) atoms. The smallest absolute Gasteiger partial charge is 0.0386 e. The zero-order chi connectivity index (χ0) is 17.4. The number of rotatable bonds is 11. The van der Waals surface area contributed by atoms with E-state index in [0.717, 1.165) is 41.4 Å². The predicted molar refractivity (Wildman–Crippen MR) is 106 cm³/mol. The molecule has 0 aromatic rings. The minimum atomic E-state index is 0.860. The lowest BCUT2D eigenvalue weighted by molar-refractivity contribution is 0.192. The summed E-state index contributed by atoms with van der Waals surface area (Å²) in [6.45, 7) is 17.3. The lowest BCUT2D eigenvalue weighted by Crippen LogP contribution is -2.22. The molecule has 5 unspecified atom stereocenters. The number of hydrogen-bond acceptors (Lipinski definition) is 0. The van der Waals surface area contributed by atoms with E-state index in [1.807, 2.05) is 0 Å². The summed E-state index contributed by atoms with van der Waals surface area (Å²) in [5.41, 5.74) is 0. The summed E-state index contributed by atoms with van der Waals surface area (Å²) in [5.74, 6) is 6.49. The van der Waals surface area contributed by atoms with Crippen molar-refractivity contribution in [2.75, 3.05) is 0 Å². The molecular formula is C23H46. The first-order chi connectivity index (χ1) is 10.9. The van der Waals surface area contributed by atoms with Crippen molar-refractivity contribution in [3.05, 3.63) is 0 Å². The van der Waals surface area contributed by atoms with E-state index in [4.69, 9.17) is 0 Å². The van der Waals surface area contributed by atoms with E-state index in [1.54, 1.807) is 0 Å². The van der Waals surface area contributed by atoms with Crippen LogP contribution in [0.25, 0.3) is 0 Å². The average molecular weight is 323 g/mol. The molecule has 1 aliphatic rings. The Hall–Kier alpha value is 0. The van der Waals surface area contributed by atoms with Crippen LogP contribution in [0.15, 0.2) is 0 Å². The highest BCUT2D eigenvalue weighted by atomic mass is 14.3. The molecule has 0 N–H and O–H groups in total. The van der Waals surface area contributed by atoms with Crippen molar-refractivity contribution in [1.29, 1.82) is 0 Å². The van der Waals surface area contributed by atoms with Crippen LogP contribution >= 0.6 is 0 Å². The van der Waals surface area contributed by atoms with Crippen LogP contribution < -0.4 is 0 Å². The van der Waals surface area contributed by atoms with Crippen LogP contribution in [-0.2, 0) is 0 Å². The molecule has 0 aromatic carbocycles. The Bertz CT molecular complexity index is 286. The van der Waals surface area contributed by atoms with Crippen LogP contribution in [0, 0.1) is 41.4 Å². The van der Waals surface area contributed by atoms with Gasteiger partial charge in [-0.05, 0) is 47.8 Å². The first-order valence-corrected chi connectivity index (χ1v) is 10.9. The summed E-state index contributed by atoms with van der Waals surface area (Å²) in [7, 11) is 0. The lowest BCUT2D eigenvalue weighted by Gasteiger charge is -2.31. The highest BCUT2D eigenvalue weighted by Crippen LogP contribution is 2.38. The molecule has 0 spiro atoms. The highest BCUT2D eigenvalue weighted by Gasteiger charge is 2.27. The van der Waals surface area contributed by atoms with Crippen molar-refractivity contribution in [3.63, 3.8) is 0 Å².